The van der Waals surface area contributed by atoms with Gasteiger partial charge >= 0.3 is 0 Å². The average Bonchev–Trinajstić information content (AvgIpc) is 2.90. The van der Waals surface area contributed by atoms with Crippen LogP contribution in [0.15, 0.2) is 16.3 Å². The van der Waals surface area contributed by atoms with Crippen LogP contribution >= 0.6 is 22.9 Å². The topological polar surface area (TPSA) is 101 Å². The summed E-state index contributed by atoms with van der Waals surface area (Å²) in [6, 6.07) is 2.89. The van der Waals surface area contributed by atoms with Crippen LogP contribution in [0.2, 0.25) is 4.34 Å². The van der Waals surface area contributed by atoms with E-state index in [4.69, 9.17) is 17.3 Å². The number of nitrogens with two attached hydrogens (primary N) is 1. The van der Waals surface area contributed by atoms with Crippen LogP contribution in [0.3, 0.4) is 0 Å². The second-order valence-electron chi connectivity index (χ2n) is 4.62. The van der Waals surface area contributed by atoms with Gasteiger partial charge in [-0.3, -0.25) is 4.79 Å². The van der Waals surface area contributed by atoms with Gasteiger partial charge in [-0.05, 0) is 25.0 Å². The summed E-state index contributed by atoms with van der Waals surface area (Å²) in [5, 5.41) is 2.80. The van der Waals surface area contributed by atoms with Crippen molar-refractivity contribution in [3.8, 4) is 0 Å². The third-order valence-electron chi connectivity index (χ3n) is 3.39. The van der Waals surface area contributed by atoms with Crippen molar-refractivity contribution in [3.63, 3.8) is 0 Å². The lowest BCUT2D eigenvalue weighted by Crippen LogP contribution is -2.55. The van der Waals surface area contributed by atoms with Crippen molar-refractivity contribution in [2.45, 2.75) is 36.4 Å². The van der Waals surface area contributed by atoms with Gasteiger partial charge in [0.15, 0.2) is 0 Å². The Morgan fingerprint density at radius 2 is 2.00 bits per heavy atom. The molecular weight excluding hydrogens is 334 g/mol. The molecule has 21 heavy (non-hydrogen) atoms. The van der Waals surface area contributed by atoms with Gasteiger partial charge in [0.2, 0.25) is 5.91 Å². The fraction of sp³-hybridized carbons (Fsp3) is 0.583. The minimum absolute atomic E-state index is 0.0800. The van der Waals surface area contributed by atoms with Gasteiger partial charge in [0, 0.05) is 6.54 Å². The highest BCUT2D eigenvalue weighted by Gasteiger charge is 2.27. The molecule has 6 nitrogen and oxygen atoms in total. The predicted molar refractivity (Wildman–Crippen MR) is 85.0 cm³/mol. The number of carbonyl (C=O) groups is 1. The molecular formula is C12H20ClN3O3S2. The Morgan fingerprint density at radius 3 is 2.43 bits per heavy atom. The molecule has 0 aliphatic heterocycles. The van der Waals surface area contributed by atoms with Crippen molar-refractivity contribution in [1.29, 1.82) is 0 Å². The zero-order chi connectivity index (χ0) is 16.1. The number of rotatable bonds is 8. The minimum Gasteiger partial charge on any atom is -0.348 e. The van der Waals surface area contributed by atoms with E-state index in [1.165, 1.54) is 12.1 Å². The Bertz CT molecular complexity index is 574. The Hall–Kier alpha value is -0.670. The standard InChI is InChI=1S/C12H20ClN3O3S2/c1-3-12(4-2,8-14)16-10(17)7-15-21(18,19)11-6-5-9(13)20-11/h5-6,15H,3-4,7-8,14H2,1-2H3,(H,16,17). The van der Waals surface area contributed by atoms with Crippen molar-refractivity contribution in [1.82, 2.24) is 10.0 Å². The number of sulfonamides is 1. The van der Waals surface area contributed by atoms with Gasteiger partial charge < -0.3 is 11.1 Å². The Balaban J connectivity index is 2.64. The van der Waals surface area contributed by atoms with E-state index in [0.717, 1.165) is 11.3 Å². The molecule has 120 valence electrons. The Morgan fingerprint density at radius 1 is 1.38 bits per heavy atom. The van der Waals surface area contributed by atoms with Crippen LogP contribution in [0.5, 0.6) is 0 Å². The Kier molecular flexibility index (Phi) is 6.61. The molecule has 1 heterocycles. The number of thiophene rings is 1. The zero-order valence-corrected chi connectivity index (χ0v) is 14.4. The smallest absolute Gasteiger partial charge is 0.250 e. The number of nitrogens with one attached hydrogen (secondary N) is 2. The van der Waals surface area contributed by atoms with Crippen LogP contribution in [0.4, 0.5) is 0 Å². The van der Waals surface area contributed by atoms with E-state index >= 15 is 0 Å². The molecule has 1 amide bonds. The third kappa shape index (κ3) is 4.93. The van der Waals surface area contributed by atoms with Crippen LogP contribution in [0.25, 0.3) is 0 Å². The van der Waals surface area contributed by atoms with Gasteiger partial charge in [-0.15, -0.1) is 11.3 Å². The molecule has 0 saturated heterocycles. The molecule has 0 atom stereocenters. The predicted octanol–water partition coefficient (Wildman–Crippen LogP) is 1.31. The van der Waals surface area contributed by atoms with Crippen LogP contribution in [-0.2, 0) is 14.8 Å². The van der Waals surface area contributed by atoms with E-state index in [1.54, 1.807) is 0 Å². The number of hydrogen-bond donors (Lipinski definition) is 3. The summed E-state index contributed by atoms with van der Waals surface area (Å²) in [4.78, 5) is 11.9. The summed E-state index contributed by atoms with van der Waals surface area (Å²) in [6.45, 7) is 3.82. The van der Waals surface area contributed by atoms with E-state index in [2.05, 4.69) is 10.0 Å². The molecule has 4 N–H and O–H groups in total. The molecule has 0 saturated carbocycles. The molecule has 0 radical (unpaired) electrons. The first-order valence-corrected chi connectivity index (χ1v) is 9.22. The van der Waals surface area contributed by atoms with Gasteiger partial charge in [-0.1, -0.05) is 25.4 Å². The van der Waals surface area contributed by atoms with Gasteiger partial charge in [0.1, 0.15) is 4.21 Å². The highest BCUT2D eigenvalue weighted by molar-refractivity contribution is 7.91. The largest absolute Gasteiger partial charge is 0.348 e. The van der Waals surface area contributed by atoms with E-state index < -0.39 is 21.5 Å². The highest BCUT2D eigenvalue weighted by Crippen LogP contribution is 2.25. The first-order valence-electron chi connectivity index (χ1n) is 6.54. The summed E-state index contributed by atoms with van der Waals surface area (Å²) in [5.74, 6) is -0.407. The number of hydrogen-bond acceptors (Lipinski definition) is 5. The second kappa shape index (κ2) is 7.55. The number of amides is 1. The molecule has 1 aromatic heterocycles. The summed E-state index contributed by atoms with van der Waals surface area (Å²) >= 11 is 6.64. The fourth-order valence-electron chi connectivity index (χ4n) is 1.78. The van der Waals surface area contributed by atoms with Crippen molar-refractivity contribution in [3.05, 3.63) is 16.5 Å². The summed E-state index contributed by atoms with van der Waals surface area (Å²) in [5.41, 5.74) is 5.20. The lowest BCUT2D eigenvalue weighted by Gasteiger charge is -2.31. The zero-order valence-electron chi connectivity index (χ0n) is 12.0. The molecule has 1 aromatic rings. The molecule has 0 fully saturated rings. The SMILES string of the molecule is CCC(CC)(CN)NC(=O)CNS(=O)(=O)c1ccc(Cl)s1. The molecule has 0 aromatic carbocycles. The molecule has 0 bridgehead atoms. The van der Waals surface area contributed by atoms with Crippen molar-refractivity contribution < 1.29 is 13.2 Å². The molecule has 0 spiro atoms. The van der Waals surface area contributed by atoms with Crippen LogP contribution in [0, 0.1) is 0 Å². The van der Waals surface area contributed by atoms with Crippen molar-refractivity contribution >= 4 is 38.9 Å². The summed E-state index contributed by atoms with van der Waals surface area (Å²) in [7, 11) is -3.72. The third-order valence-corrected chi connectivity index (χ3v) is 6.51. The van der Waals surface area contributed by atoms with Crippen molar-refractivity contribution in [2.24, 2.45) is 5.73 Å². The van der Waals surface area contributed by atoms with E-state index in [-0.39, 0.29) is 10.8 Å². The Labute approximate surface area is 134 Å². The maximum Gasteiger partial charge on any atom is 0.250 e. The molecule has 0 aliphatic rings. The quantitative estimate of drug-likeness (QED) is 0.655. The second-order valence-corrected chi connectivity index (χ2v) is 8.33. The van der Waals surface area contributed by atoms with E-state index in [9.17, 15) is 13.2 Å². The lowest BCUT2D eigenvalue weighted by molar-refractivity contribution is -0.121. The summed E-state index contributed by atoms with van der Waals surface area (Å²) in [6.07, 6.45) is 1.36. The van der Waals surface area contributed by atoms with Gasteiger partial charge in [0.25, 0.3) is 10.0 Å². The molecule has 0 aliphatic carbocycles. The number of halogens is 1. The maximum absolute atomic E-state index is 12.0. The minimum atomic E-state index is -3.72. The monoisotopic (exact) mass is 353 g/mol. The fourth-order valence-corrected chi connectivity index (χ4v) is 4.29. The lowest BCUT2D eigenvalue weighted by atomic mass is 9.93. The van der Waals surface area contributed by atoms with E-state index in [1.807, 2.05) is 13.8 Å². The van der Waals surface area contributed by atoms with Gasteiger partial charge in [-0.2, -0.15) is 0 Å². The van der Waals surface area contributed by atoms with Gasteiger partial charge in [-0.25, -0.2) is 13.1 Å². The van der Waals surface area contributed by atoms with Crippen LogP contribution < -0.4 is 15.8 Å². The van der Waals surface area contributed by atoms with Crippen LogP contribution in [-0.4, -0.2) is 33.0 Å². The number of carbonyl (C=O) groups excluding carboxylic acids is 1. The molecule has 0 unspecified atom stereocenters. The summed E-state index contributed by atoms with van der Waals surface area (Å²) < 4.78 is 26.6. The molecule has 9 heteroatoms. The average molecular weight is 354 g/mol. The first-order chi connectivity index (χ1) is 9.78. The maximum atomic E-state index is 12.0. The highest BCUT2D eigenvalue weighted by atomic mass is 35.5. The van der Waals surface area contributed by atoms with Crippen LogP contribution in [0.1, 0.15) is 26.7 Å². The van der Waals surface area contributed by atoms with Gasteiger partial charge in [0.05, 0.1) is 16.4 Å². The van der Waals surface area contributed by atoms with Crippen molar-refractivity contribution in [2.75, 3.05) is 13.1 Å². The normalized spacial score (nSPS) is 12.4. The first kappa shape index (κ1) is 18.4. The van der Waals surface area contributed by atoms with E-state index in [0.29, 0.717) is 23.7 Å². The molecule has 1 rings (SSSR count).